The van der Waals surface area contributed by atoms with Crippen LogP contribution in [0.15, 0.2) is 129 Å². The maximum Gasteiger partial charge on any atom is 0.501 e. The number of hydrogen-bond donors (Lipinski definition) is 3. The molecular formula is C62H67ClF4N8O8S3. The molecule has 1 unspecified atom stereocenters. The van der Waals surface area contributed by atoms with Gasteiger partial charge in [0.15, 0.2) is 0 Å². The quantitative estimate of drug-likeness (QED) is 0.0403. The van der Waals surface area contributed by atoms with Gasteiger partial charge in [-0.3, -0.25) is 39.2 Å². The highest BCUT2D eigenvalue weighted by Gasteiger charge is 2.49. The number of nitrogens with zero attached hydrogens (tertiary/aromatic N) is 5. The highest BCUT2D eigenvalue weighted by atomic mass is 35.5. The van der Waals surface area contributed by atoms with Gasteiger partial charge in [-0.1, -0.05) is 61.4 Å². The van der Waals surface area contributed by atoms with Crippen molar-refractivity contribution in [2.75, 3.05) is 68.3 Å². The number of sulfonamides is 1. The Morgan fingerprint density at radius 1 is 0.849 bits per heavy atom. The van der Waals surface area contributed by atoms with E-state index < -0.39 is 82.4 Å². The zero-order valence-electron chi connectivity index (χ0n) is 47.5. The lowest BCUT2D eigenvalue weighted by Crippen LogP contribution is -2.52. The maximum atomic E-state index is 15.7. The molecule has 0 spiro atoms. The minimum Gasteiger partial charge on any atom is -0.380 e. The number of piperazine rings is 2. The molecule has 5 aliphatic heterocycles. The molecule has 5 aromatic carbocycles. The molecule has 1 aliphatic carbocycles. The van der Waals surface area contributed by atoms with Gasteiger partial charge in [0.25, 0.3) is 31.7 Å². The molecule has 4 atom stereocenters. The van der Waals surface area contributed by atoms with Crippen molar-refractivity contribution in [2.45, 2.75) is 116 Å². The van der Waals surface area contributed by atoms with Gasteiger partial charge in [-0.15, -0.1) is 11.8 Å². The van der Waals surface area contributed by atoms with Gasteiger partial charge >= 0.3 is 5.51 Å². The van der Waals surface area contributed by atoms with E-state index in [1.165, 1.54) is 51.6 Å². The molecule has 11 rings (SSSR count). The zero-order chi connectivity index (χ0) is 60.9. The van der Waals surface area contributed by atoms with E-state index in [0.717, 1.165) is 68.0 Å². The third-order valence-corrected chi connectivity index (χ3v) is 21.9. The monoisotopic (exact) mass is 1260 g/mol. The second-order valence-electron chi connectivity index (χ2n) is 24.0. The van der Waals surface area contributed by atoms with E-state index in [9.17, 15) is 49.2 Å². The summed E-state index contributed by atoms with van der Waals surface area (Å²) in [6, 6.07) is 27.5. The fourth-order valence-electron chi connectivity index (χ4n) is 12.9. The first-order valence-electron chi connectivity index (χ1n) is 28.8. The van der Waals surface area contributed by atoms with Crippen LogP contribution < -0.4 is 20.3 Å². The number of likely N-dealkylation sites (tertiary alicyclic amines) is 2. The van der Waals surface area contributed by atoms with E-state index in [-0.39, 0.29) is 60.3 Å². The number of allylic oxidation sites excluding steroid dienone is 1. The predicted molar refractivity (Wildman–Crippen MR) is 321 cm³/mol. The number of amides is 4. The maximum absolute atomic E-state index is 15.7. The van der Waals surface area contributed by atoms with Crippen LogP contribution in [0.4, 0.5) is 28.9 Å². The number of carbonyl (C=O) groups excluding carboxylic acids is 4. The van der Waals surface area contributed by atoms with Crippen molar-refractivity contribution in [2.24, 2.45) is 5.41 Å². The first-order valence-corrected chi connectivity index (χ1v) is 33.2. The summed E-state index contributed by atoms with van der Waals surface area (Å²) in [4.78, 5) is 60.3. The summed E-state index contributed by atoms with van der Waals surface area (Å²) in [6.07, 6.45) is 4.47. The van der Waals surface area contributed by atoms with Gasteiger partial charge in [-0.2, -0.15) is 13.2 Å². The number of nitrogens with one attached hydrogen (secondary N) is 3. The highest BCUT2D eigenvalue weighted by molar-refractivity contribution is 7.99. The Bertz CT molecular complexity index is 3700. The van der Waals surface area contributed by atoms with E-state index in [2.05, 4.69) is 56.2 Å². The van der Waals surface area contributed by atoms with Gasteiger partial charge in [0.05, 0.1) is 10.6 Å². The van der Waals surface area contributed by atoms with Gasteiger partial charge in [0.1, 0.15) is 16.8 Å². The molecular weight excluding hydrogens is 1190 g/mol. The fourth-order valence-corrected chi connectivity index (χ4v) is 16.1. The molecule has 6 aliphatic rings. The SMILES string of the molecule is CC1(C)CCC(c2ccc(Cl)cc2)=C(CN2CCN(c3ccc(C(=O)NS(=O)(=O)c4ccc(N[C@H](CCN5C[C@H]6C[C@@H]5CN6Cc5cc6c(cc5F)C(=O)N(C5CCC(=O)NC5=O)C6)CSc5ccccc5)c(S(=O)(=O)C(F)(F)F)c4)cc3)CC2)C1. The lowest BCUT2D eigenvalue weighted by Gasteiger charge is -2.39. The number of halogens is 5. The molecule has 3 N–H and O–H groups in total. The topological polar surface area (TPSA) is 189 Å². The molecule has 4 saturated heterocycles. The van der Waals surface area contributed by atoms with Gasteiger partial charge < -0.3 is 15.1 Å². The number of carbonyl (C=O) groups is 4. The largest absolute Gasteiger partial charge is 0.501 e. The normalized spacial score (nSPS) is 21.7. The average molecular weight is 1260 g/mol. The Balaban J connectivity index is 0.730. The second-order valence-corrected chi connectivity index (χ2v) is 29.1. The summed E-state index contributed by atoms with van der Waals surface area (Å²) in [5.41, 5.74) is -0.122. The number of piperidine rings is 1. The van der Waals surface area contributed by atoms with E-state index in [4.69, 9.17) is 11.6 Å². The molecule has 24 heteroatoms. The molecule has 16 nitrogen and oxygen atoms in total. The molecule has 86 heavy (non-hydrogen) atoms. The van der Waals surface area contributed by atoms with Crippen molar-refractivity contribution < 1.29 is 53.6 Å². The number of rotatable bonds is 19. The number of sulfone groups is 1. The van der Waals surface area contributed by atoms with Crippen LogP contribution in [0.1, 0.15) is 96.2 Å². The molecule has 5 aromatic rings. The van der Waals surface area contributed by atoms with Crippen LogP contribution in [0.5, 0.6) is 0 Å². The molecule has 4 fully saturated rings. The van der Waals surface area contributed by atoms with Crippen molar-refractivity contribution in [1.29, 1.82) is 0 Å². The Hall–Kier alpha value is -6.34. The van der Waals surface area contributed by atoms with Gasteiger partial charge in [-0.25, -0.2) is 25.9 Å². The van der Waals surface area contributed by atoms with Crippen LogP contribution in [0.3, 0.4) is 0 Å². The van der Waals surface area contributed by atoms with Crippen LogP contribution in [0.25, 0.3) is 5.57 Å². The van der Waals surface area contributed by atoms with E-state index in [0.29, 0.717) is 61.4 Å². The van der Waals surface area contributed by atoms with Crippen molar-refractivity contribution in [3.05, 3.63) is 153 Å². The molecule has 0 saturated carbocycles. The van der Waals surface area contributed by atoms with E-state index in [1.54, 1.807) is 18.2 Å². The van der Waals surface area contributed by atoms with Crippen LogP contribution in [-0.4, -0.2) is 148 Å². The molecule has 456 valence electrons. The Morgan fingerprint density at radius 2 is 1.56 bits per heavy atom. The number of imide groups is 1. The minimum absolute atomic E-state index is 0.0309. The van der Waals surface area contributed by atoms with Crippen molar-refractivity contribution in [3.8, 4) is 0 Å². The number of alkyl halides is 3. The number of anilines is 2. The van der Waals surface area contributed by atoms with E-state index in [1.807, 2.05) is 47.2 Å². The van der Waals surface area contributed by atoms with Crippen molar-refractivity contribution in [1.82, 2.24) is 29.6 Å². The van der Waals surface area contributed by atoms with Gasteiger partial charge in [0, 0.05) is 128 Å². The number of hydrogen-bond acceptors (Lipinski definition) is 14. The van der Waals surface area contributed by atoms with Gasteiger partial charge in [-0.05, 0) is 140 Å². The second kappa shape index (κ2) is 24.7. The first-order chi connectivity index (χ1) is 40.9. The zero-order valence-corrected chi connectivity index (χ0v) is 50.8. The van der Waals surface area contributed by atoms with Crippen molar-refractivity contribution in [3.63, 3.8) is 0 Å². The molecule has 0 radical (unpaired) electrons. The summed E-state index contributed by atoms with van der Waals surface area (Å²) in [5, 5.41) is 6.01. The summed E-state index contributed by atoms with van der Waals surface area (Å²) >= 11 is 7.62. The predicted octanol–water partition coefficient (Wildman–Crippen LogP) is 9.36. The van der Waals surface area contributed by atoms with Crippen LogP contribution in [0, 0.1) is 11.2 Å². The van der Waals surface area contributed by atoms with Gasteiger partial charge in [0.2, 0.25) is 11.8 Å². The standard InChI is InChI=1S/C62H67ClF4N8O8S3/c1-61(2)22-20-51(39-8-12-44(63)13-9-39)43(32-61)33-71-24-26-72(27-25-71)46-14-10-40(11-15-46)58(77)70-86(82,83)50-16-17-54(56(30-50)85(80,81)62(65,66)67)68-45(38-84-49-6-4-3-5-7-49)21-23-73-36-48-29-47(73)37-74(48)34-42-28-41-35-75(60(79)52(41)31-53(42)64)55-18-19-57(76)69-59(55)78/h3-17,28,30-31,45,47-48,55,68H,18-27,29,32-38H2,1-2H3,(H,70,77)(H,69,76,78)/t45-,47-,48-,55?/m1/s1. The third kappa shape index (κ3) is 13.4. The summed E-state index contributed by atoms with van der Waals surface area (Å²) in [7, 11) is -11.1. The van der Waals surface area contributed by atoms with E-state index >= 15 is 4.39 Å². The Labute approximate surface area is 507 Å². The summed E-state index contributed by atoms with van der Waals surface area (Å²) in [5.74, 6) is -2.76. The molecule has 5 heterocycles. The Kier molecular flexibility index (Phi) is 17.6. The van der Waals surface area contributed by atoms with Crippen molar-refractivity contribution >= 4 is 83.8 Å². The number of thioether (sulfide) groups is 1. The third-order valence-electron chi connectivity index (χ3n) is 17.6. The molecule has 4 amide bonds. The molecule has 2 bridgehead atoms. The molecule has 0 aromatic heterocycles. The summed E-state index contributed by atoms with van der Waals surface area (Å²) in [6.45, 7) is 10.5. The van der Waals surface area contributed by atoms with Crippen LogP contribution >= 0.6 is 23.4 Å². The fraction of sp³-hybridized carbons (Fsp3) is 0.419. The highest BCUT2D eigenvalue weighted by Crippen LogP contribution is 2.44. The van der Waals surface area contributed by atoms with Crippen LogP contribution in [0.2, 0.25) is 5.02 Å². The lowest BCUT2D eigenvalue weighted by molar-refractivity contribution is -0.136. The smallest absolute Gasteiger partial charge is 0.380 e. The van der Waals surface area contributed by atoms with Crippen LogP contribution in [-0.2, 0) is 42.5 Å². The minimum atomic E-state index is -6.17. The summed E-state index contributed by atoms with van der Waals surface area (Å²) < 4.78 is 116. The lowest BCUT2D eigenvalue weighted by atomic mass is 9.73. The number of fused-ring (bicyclic) bond motifs is 3. The Morgan fingerprint density at radius 3 is 2.24 bits per heavy atom. The first kappa shape index (κ1) is 61.3. The number of benzene rings is 5. The average Bonchev–Trinajstić information content (AvgIpc) is 2.39.